The predicted octanol–water partition coefficient (Wildman–Crippen LogP) is 3.01. The molecule has 1 saturated heterocycles. The third-order valence-corrected chi connectivity index (χ3v) is 6.03. The summed E-state index contributed by atoms with van der Waals surface area (Å²) in [6, 6.07) is 6.88. The number of benzene rings is 1. The number of hydrogen-bond acceptors (Lipinski definition) is 4. The molecule has 1 unspecified atom stereocenters. The molecule has 1 aromatic rings. The predicted molar refractivity (Wildman–Crippen MR) is 128 cm³/mol. The van der Waals surface area contributed by atoms with Gasteiger partial charge in [0.2, 0.25) is 10.0 Å². The second-order valence-electron chi connectivity index (χ2n) is 6.96. The van der Waals surface area contributed by atoms with Crippen LogP contribution in [0.5, 0.6) is 0 Å². The SMILES string of the molecule is CCCCCNC(=NCc1ccc(S(=O)(=O)NCC2CCCO2)cc1)NCC.I. The highest BCUT2D eigenvalue weighted by Crippen LogP contribution is 2.14. The molecule has 7 nitrogen and oxygen atoms in total. The van der Waals surface area contributed by atoms with E-state index in [-0.39, 0.29) is 35.0 Å². The maximum absolute atomic E-state index is 12.4. The number of hydrogen-bond donors (Lipinski definition) is 3. The Hall–Kier alpha value is -0.910. The van der Waals surface area contributed by atoms with E-state index in [9.17, 15) is 8.42 Å². The van der Waals surface area contributed by atoms with Crippen LogP contribution < -0.4 is 15.4 Å². The van der Waals surface area contributed by atoms with Crippen molar-refractivity contribution in [1.82, 2.24) is 15.4 Å². The van der Waals surface area contributed by atoms with Crippen molar-refractivity contribution in [2.45, 2.75) is 63.5 Å². The summed E-state index contributed by atoms with van der Waals surface area (Å²) in [6.45, 7) is 7.44. The van der Waals surface area contributed by atoms with Crippen molar-refractivity contribution in [3.63, 3.8) is 0 Å². The first-order chi connectivity index (χ1) is 13.5. The van der Waals surface area contributed by atoms with Crippen LogP contribution in [-0.2, 0) is 21.3 Å². The lowest BCUT2D eigenvalue weighted by molar-refractivity contribution is 0.114. The van der Waals surface area contributed by atoms with E-state index >= 15 is 0 Å². The Kier molecular flexibility index (Phi) is 12.8. The van der Waals surface area contributed by atoms with Crippen LogP contribution in [0.2, 0.25) is 0 Å². The highest BCUT2D eigenvalue weighted by atomic mass is 127. The second kappa shape index (κ2) is 14.2. The van der Waals surface area contributed by atoms with Crippen molar-refractivity contribution in [2.24, 2.45) is 4.99 Å². The van der Waals surface area contributed by atoms with Gasteiger partial charge in [-0.05, 0) is 43.9 Å². The van der Waals surface area contributed by atoms with Gasteiger partial charge in [-0.3, -0.25) is 0 Å². The van der Waals surface area contributed by atoms with Gasteiger partial charge < -0.3 is 15.4 Å². The number of rotatable bonds is 11. The molecular formula is C20H35IN4O3S. The van der Waals surface area contributed by atoms with E-state index in [1.807, 2.05) is 19.1 Å². The lowest BCUT2D eigenvalue weighted by atomic mass is 10.2. The van der Waals surface area contributed by atoms with Gasteiger partial charge in [0.1, 0.15) is 0 Å². The average molecular weight is 538 g/mol. The maximum Gasteiger partial charge on any atom is 0.240 e. The molecule has 2 rings (SSSR count). The molecule has 1 fully saturated rings. The van der Waals surface area contributed by atoms with Gasteiger partial charge in [0.25, 0.3) is 0 Å². The summed E-state index contributed by atoms with van der Waals surface area (Å²) in [7, 11) is -3.51. The van der Waals surface area contributed by atoms with Gasteiger partial charge in [-0.1, -0.05) is 31.9 Å². The molecule has 166 valence electrons. The zero-order valence-corrected chi connectivity index (χ0v) is 20.6. The van der Waals surface area contributed by atoms with Gasteiger partial charge in [-0.2, -0.15) is 0 Å². The van der Waals surface area contributed by atoms with Crippen LogP contribution in [0.15, 0.2) is 34.2 Å². The summed E-state index contributed by atoms with van der Waals surface area (Å²) in [5.74, 6) is 0.786. The minimum absolute atomic E-state index is 0. The van der Waals surface area contributed by atoms with Crippen molar-refractivity contribution in [2.75, 3.05) is 26.2 Å². The summed E-state index contributed by atoms with van der Waals surface area (Å²) < 4.78 is 32.9. The zero-order valence-electron chi connectivity index (χ0n) is 17.4. The molecule has 1 aliphatic heterocycles. The number of unbranched alkanes of at least 4 members (excludes halogenated alkanes) is 2. The zero-order chi connectivity index (χ0) is 20.2. The lowest BCUT2D eigenvalue weighted by Crippen LogP contribution is -2.37. The molecule has 0 bridgehead atoms. The molecule has 0 aromatic heterocycles. The second-order valence-corrected chi connectivity index (χ2v) is 8.73. The molecule has 1 heterocycles. The molecule has 9 heteroatoms. The summed E-state index contributed by atoms with van der Waals surface area (Å²) in [5, 5.41) is 6.56. The van der Waals surface area contributed by atoms with Crippen molar-refractivity contribution in [3.05, 3.63) is 29.8 Å². The monoisotopic (exact) mass is 538 g/mol. The van der Waals surface area contributed by atoms with E-state index in [1.54, 1.807) is 12.1 Å². The Morgan fingerprint density at radius 1 is 1.17 bits per heavy atom. The topological polar surface area (TPSA) is 91.8 Å². The molecule has 1 atom stereocenters. The first kappa shape index (κ1) is 26.1. The number of ether oxygens (including phenoxy) is 1. The van der Waals surface area contributed by atoms with E-state index in [4.69, 9.17) is 4.74 Å². The number of nitrogens with zero attached hydrogens (tertiary/aromatic N) is 1. The van der Waals surface area contributed by atoms with Crippen LogP contribution in [0.25, 0.3) is 0 Å². The fraction of sp³-hybridized carbons (Fsp3) is 0.650. The Balaban J connectivity index is 0.00000420. The quantitative estimate of drug-likeness (QED) is 0.175. The highest BCUT2D eigenvalue weighted by Gasteiger charge is 2.20. The van der Waals surface area contributed by atoms with E-state index < -0.39 is 10.0 Å². The Bertz CT molecular complexity index is 705. The normalized spacial score (nSPS) is 17.0. The summed E-state index contributed by atoms with van der Waals surface area (Å²) in [6.07, 6.45) is 5.38. The third-order valence-electron chi connectivity index (χ3n) is 4.60. The fourth-order valence-corrected chi connectivity index (χ4v) is 4.03. The number of guanidine groups is 1. The average Bonchev–Trinajstić information content (AvgIpc) is 3.22. The summed E-state index contributed by atoms with van der Waals surface area (Å²) >= 11 is 0. The standard InChI is InChI=1S/C20H34N4O3S.HI/c1-3-5-6-13-22-20(21-4-2)23-15-17-9-11-19(12-10-17)28(25,26)24-16-18-8-7-14-27-18;/h9-12,18,24H,3-8,13-16H2,1-2H3,(H2,21,22,23);1H. The van der Waals surface area contributed by atoms with Crippen molar-refractivity contribution in [3.8, 4) is 0 Å². The molecule has 0 saturated carbocycles. The maximum atomic E-state index is 12.4. The van der Waals surface area contributed by atoms with Crippen LogP contribution in [0, 0.1) is 0 Å². The molecule has 1 aromatic carbocycles. The van der Waals surface area contributed by atoms with Gasteiger partial charge in [0.05, 0.1) is 17.5 Å². The number of halogens is 1. The van der Waals surface area contributed by atoms with Crippen LogP contribution in [-0.4, -0.2) is 46.7 Å². The van der Waals surface area contributed by atoms with Crippen molar-refractivity contribution in [1.29, 1.82) is 0 Å². The van der Waals surface area contributed by atoms with Crippen molar-refractivity contribution >= 4 is 40.0 Å². The van der Waals surface area contributed by atoms with E-state index in [1.165, 1.54) is 12.8 Å². The van der Waals surface area contributed by atoms with Crippen LogP contribution in [0.1, 0.15) is 51.5 Å². The smallest absolute Gasteiger partial charge is 0.240 e. The molecular weight excluding hydrogens is 503 g/mol. The first-order valence-corrected chi connectivity index (χ1v) is 11.8. The number of sulfonamides is 1. The Morgan fingerprint density at radius 3 is 2.55 bits per heavy atom. The van der Waals surface area contributed by atoms with Gasteiger partial charge in [0, 0.05) is 26.2 Å². The molecule has 1 aliphatic rings. The Morgan fingerprint density at radius 2 is 1.93 bits per heavy atom. The van der Waals surface area contributed by atoms with Gasteiger partial charge >= 0.3 is 0 Å². The minimum Gasteiger partial charge on any atom is -0.377 e. The molecule has 29 heavy (non-hydrogen) atoms. The minimum atomic E-state index is -3.51. The molecule has 0 spiro atoms. The lowest BCUT2D eigenvalue weighted by Gasteiger charge is -2.12. The molecule has 0 amide bonds. The molecule has 3 N–H and O–H groups in total. The fourth-order valence-electron chi connectivity index (χ4n) is 2.96. The van der Waals surface area contributed by atoms with Crippen LogP contribution in [0.3, 0.4) is 0 Å². The van der Waals surface area contributed by atoms with Gasteiger partial charge in [-0.25, -0.2) is 18.1 Å². The highest BCUT2D eigenvalue weighted by molar-refractivity contribution is 14.0. The van der Waals surface area contributed by atoms with E-state index in [2.05, 4.69) is 27.3 Å². The van der Waals surface area contributed by atoms with Gasteiger partial charge in [-0.15, -0.1) is 24.0 Å². The van der Waals surface area contributed by atoms with Crippen molar-refractivity contribution < 1.29 is 13.2 Å². The largest absolute Gasteiger partial charge is 0.377 e. The number of nitrogens with one attached hydrogen (secondary N) is 3. The summed E-state index contributed by atoms with van der Waals surface area (Å²) in [5.41, 5.74) is 0.962. The van der Waals surface area contributed by atoms with Crippen LogP contribution in [0.4, 0.5) is 0 Å². The number of aliphatic imine (C=N–C) groups is 1. The van der Waals surface area contributed by atoms with Crippen LogP contribution >= 0.6 is 24.0 Å². The first-order valence-electron chi connectivity index (χ1n) is 10.3. The van der Waals surface area contributed by atoms with E-state index in [0.29, 0.717) is 19.7 Å². The third kappa shape index (κ3) is 9.63. The van der Waals surface area contributed by atoms with E-state index in [0.717, 1.165) is 43.9 Å². The van der Waals surface area contributed by atoms with Gasteiger partial charge in [0.15, 0.2) is 5.96 Å². The molecule has 0 radical (unpaired) electrons. The summed E-state index contributed by atoms with van der Waals surface area (Å²) in [4.78, 5) is 4.84. The Labute approximate surface area is 192 Å². The molecule has 0 aliphatic carbocycles.